The van der Waals surface area contributed by atoms with Crippen LogP contribution in [0.5, 0.6) is 0 Å². The molecule has 1 aromatic carbocycles. The third-order valence-electron chi connectivity index (χ3n) is 3.26. The summed E-state index contributed by atoms with van der Waals surface area (Å²) in [6.07, 6.45) is 5.56. The number of hydrogen-bond acceptors (Lipinski definition) is 6. The third-order valence-corrected chi connectivity index (χ3v) is 4.68. The fourth-order valence-electron chi connectivity index (χ4n) is 2.13. The average Bonchev–Trinajstić information content (AvgIpc) is 2.95. The molecule has 1 heterocycles. The molecule has 0 saturated heterocycles. The van der Waals surface area contributed by atoms with Crippen LogP contribution in [0.1, 0.15) is 31.7 Å². The van der Waals surface area contributed by atoms with Gasteiger partial charge >= 0.3 is 10.1 Å². The van der Waals surface area contributed by atoms with Crippen molar-refractivity contribution in [3.63, 3.8) is 0 Å². The Bertz CT molecular complexity index is 832. The van der Waals surface area contributed by atoms with Crippen LogP contribution < -0.4 is 0 Å². The van der Waals surface area contributed by atoms with Crippen molar-refractivity contribution in [3.05, 3.63) is 52.4 Å². The number of rotatable bonds is 6. The second kappa shape index (κ2) is 8.18. The lowest BCUT2D eigenvalue weighted by Crippen LogP contribution is -2.01. The highest BCUT2D eigenvalue weighted by Crippen LogP contribution is 2.39. The molecule has 24 heavy (non-hydrogen) atoms. The summed E-state index contributed by atoms with van der Waals surface area (Å²) in [6.45, 7) is 2.08. The molecular weight excluding hydrogens is 344 g/mol. The molecule has 0 spiro atoms. The Hall–Kier alpha value is -2.04. The van der Waals surface area contributed by atoms with E-state index in [1.54, 1.807) is 0 Å². The van der Waals surface area contributed by atoms with E-state index < -0.39 is 10.1 Å². The maximum Gasteiger partial charge on any atom is 0.325 e. The SMILES string of the molecule is CCCCC1=CC(=C(C#N)c2ccccc2)SC1=NOS(C)(=O)=O. The van der Waals surface area contributed by atoms with Crippen molar-refractivity contribution in [1.29, 1.82) is 5.26 Å². The first-order valence-electron chi connectivity index (χ1n) is 7.49. The molecule has 0 unspecified atom stereocenters. The van der Waals surface area contributed by atoms with Crippen molar-refractivity contribution in [3.8, 4) is 6.07 Å². The topological polar surface area (TPSA) is 79.5 Å². The molecule has 1 aromatic rings. The minimum absolute atomic E-state index is 0.493. The molecule has 0 atom stereocenters. The Labute approximate surface area is 146 Å². The van der Waals surface area contributed by atoms with Gasteiger partial charge in [0.1, 0.15) is 11.1 Å². The van der Waals surface area contributed by atoms with E-state index in [4.69, 9.17) is 0 Å². The van der Waals surface area contributed by atoms with Crippen LogP contribution in [0.2, 0.25) is 0 Å². The second-order valence-corrected chi connectivity index (χ2v) is 7.86. The fraction of sp³-hybridized carbons (Fsp3) is 0.294. The minimum atomic E-state index is -3.66. The van der Waals surface area contributed by atoms with Crippen molar-refractivity contribution < 1.29 is 12.7 Å². The number of nitrogens with zero attached hydrogens (tertiary/aromatic N) is 2. The Kier molecular flexibility index (Phi) is 6.23. The Morgan fingerprint density at radius 3 is 2.62 bits per heavy atom. The lowest BCUT2D eigenvalue weighted by atomic mass is 10.0. The van der Waals surface area contributed by atoms with E-state index in [0.29, 0.717) is 10.6 Å². The van der Waals surface area contributed by atoms with Gasteiger partial charge in [0.05, 0.1) is 11.8 Å². The predicted octanol–water partition coefficient (Wildman–Crippen LogP) is 4.07. The summed E-state index contributed by atoms with van der Waals surface area (Å²) in [5, 5.41) is 13.8. The normalized spacial score (nSPS) is 18.2. The Morgan fingerprint density at radius 1 is 1.33 bits per heavy atom. The van der Waals surface area contributed by atoms with Crippen LogP contribution in [0.25, 0.3) is 5.57 Å². The van der Waals surface area contributed by atoms with Gasteiger partial charge in [-0.3, -0.25) is 4.28 Å². The summed E-state index contributed by atoms with van der Waals surface area (Å²) in [7, 11) is -3.66. The van der Waals surface area contributed by atoms with E-state index in [9.17, 15) is 13.7 Å². The van der Waals surface area contributed by atoms with Crippen LogP contribution in [0.3, 0.4) is 0 Å². The molecule has 0 fully saturated rings. The van der Waals surface area contributed by atoms with Crippen molar-refractivity contribution in [2.24, 2.45) is 5.16 Å². The van der Waals surface area contributed by atoms with Gasteiger partial charge in [0, 0.05) is 4.91 Å². The quantitative estimate of drug-likeness (QED) is 0.563. The van der Waals surface area contributed by atoms with E-state index >= 15 is 0 Å². The van der Waals surface area contributed by atoms with Crippen LogP contribution in [0.15, 0.2) is 52.0 Å². The first-order chi connectivity index (χ1) is 11.4. The lowest BCUT2D eigenvalue weighted by Gasteiger charge is -2.03. The maximum atomic E-state index is 11.2. The average molecular weight is 362 g/mol. The van der Waals surface area contributed by atoms with Gasteiger partial charge in [-0.1, -0.05) is 60.6 Å². The molecule has 0 aliphatic carbocycles. The molecule has 1 aliphatic rings. The van der Waals surface area contributed by atoms with Crippen molar-refractivity contribution in [1.82, 2.24) is 0 Å². The first kappa shape index (κ1) is 18.3. The molecule has 0 aromatic heterocycles. The summed E-state index contributed by atoms with van der Waals surface area (Å²) in [5.41, 5.74) is 2.25. The number of allylic oxidation sites excluding steroid dienone is 2. The fourth-order valence-corrected chi connectivity index (χ4v) is 3.43. The highest BCUT2D eigenvalue weighted by molar-refractivity contribution is 8.18. The lowest BCUT2D eigenvalue weighted by molar-refractivity contribution is 0.344. The van der Waals surface area contributed by atoms with Crippen molar-refractivity contribution in [2.75, 3.05) is 6.26 Å². The zero-order valence-electron chi connectivity index (χ0n) is 13.5. The summed E-state index contributed by atoms with van der Waals surface area (Å²) in [6, 6.07) is 11.6. The predicted molar refractivity (Wildman–Crippen MR) is 97.5 cm³/mol. The van der Waals surface area contributed by atoms with E-state index in [1.165, 1.54) is 11.8 Å². The van der Waals surface area contributed by atoms with Gasteiger partial charge in [-0.15, -0.1) is 0 Å². The maximum absolute atomic E-state index is 11.2. The smallest absolute Gasteiger partial charge is 0.268 e. The van der Waals surface area contributed by atoms with Crippen molar-refractivity contribution in [2.45, 2.75) is 26.2 Å². The van der Waals surface area contributed by atoms with Gasteiger partial charge in [0.25, 0.3) is 0 Å². The number of oxime groups is 1. The van der Waals surface area contributed by atoms with E-state index in [1.807, 2.05) is 36.4 Å². The molecule has 0 bridgehead atoms. The van der Waals surface area contributed by atoms with Gasteiger partial charge in [-0.2, -0.15) is 13.7 Å². The number of thioether (sulfide) groups is 1. The molecule has 2 rings (SSSR count). The molecule has 0 amide bonds. The van der Waals surface area contributed by atoms with Crippen LogP contribution in [-0.4, -0.2) is 19.7 Å². The summed E-state index contributed by atoms with van der Waals surface area (Å²) < 4.78 is 26.9. The van der Waals surface area contributed by atoms with E-state index in [0.717, 1.165) is 41.6 Å². The van der Waals surface area contributed by atoms with Gasteiger partial charge in [0.2, 0.25) is 0 Å². The highest BCUT2D eigenvalue weighted by atomic mass is 32.2. The first-order valence-corrected chi connectivity index (χ1v) is 10.1. The Balaban J connectivity index is 2.41. The third kappa shape index (κ3) is 4.98. The Morgan fingerprint density at radius 2 is 2.04 bits per heavy atom. The highest BCUT2D eigenvalue weighted by Gasteiger charge is 2.23. The van der Waals surface area contributed by atoms with E-state index in [-0.39, 0.29) is 0 Å². The number of nitriles is 1. The molecular formula is C17H18N2O3S2. The summed E-state index contributed by atoms with van der Waals surface area (Å²) >= 11 is 1.26. The molecule has 126 valence electrons. The summed E-state index contributed by atoms with van der Waals surface area (Å²) in [4.78, 5) is 0.755. The second-order valence-electron chi connectivity index (χ2n) is 5.27. The van der Waals surface area contributed by atoms with Gasteiger partial charge in [0.15, 0.2) is 0 Å². The molecule has 7 heteroatoms. The zero-order valence-corrected chi connectivity index (χ0v) is 15.2. The van der Waals surface area contributed by atoms with Gasteiger partial charge in [-0.25, -0.2) is 0 Å². The summed E-state index contributed by atoms with van der Waals surface area (Å²) in [5.74, 6) is 0. The van der Waals surface area contributed by atoms with Crippen LogP contribution in [-0.2, 0) is 14.4 Å². The molecule has 1 aliphatic heterocycles. The van der Waals surface area contributed by atoms with Crippen LogP contribution in [0, 0.1) is 11.3 Å². The van der Waals surface area contributed by atoms with Crippen LogP contribution in [0.4, 0.5) is 0 Å². The number of unbranched alkanes of at least 4 members (excludes halogenated alkanes) is 1. The molecule has 0 saturated carbocycles. The monoisotopic (exact) mass is 362 g/mol. The van der Waals surface area contributed by atoms with Gasteiger partial charge in [-0.05, 0) is 30.1 Å². The standard InChI is InChI=1S/C17H18N2O3S2/c1-3-4-8-14-11-16(23-17(14)19-22-24(2,20)21)15(12-18)13-9-6-5-7-10-13/h5-7,9-11H,3-4,8H2,1-2H3. The zero-order chi connectivity index (χ0) is 17.6. The molecule has 5 nitrogen and oxygen atoms in total. The molecule has 0 N–H and O–H groups in total. The molecule has 0 radical (unpaired) electrons. The largest absolute Gasteiger partial charge is 0.325 e. The van der Waals surface area contributed by atoms with Crippen molar-refractivity contribution >= 4 is 32.5 Å². The number of benzene rings is 1. The van der Waals surface area contributed by atoms with E-state index in [2.05, 4.69) is 22.4 Å². The minimum Gasteiger partial charge on any atom is -0.268 e. The number of hydrogen-bond donors (Lipinski definition) is 0. The van der Waals surface area contributed by atoms with Gasteiger partial charge < -0.3 is 0 Å². The van der Waals surface area contributed by atoms with Crippen LogP contribution >= 0.6 is 11.8 Å².